The van der Waals surface area contributed by atoms with Gasteiger partial charge in [0.25, 0.3) is 5.91 Å². The monoisotopic (exact) mass is 331 g/mol. The number of hydrazone groups is 1. The topological polar surface area (TPSA) is 46.4 Å². The Bertz CT molecular complexity index is 924. The molecule has 0 saturated heterocycles. The molecule has 3 aromatic rings. The van der Waals surface area contributed by atoms with Crippen LogP contribution in [0.1, 0.15) is 32.9 Å². The van der Waals surface area contributed by atoms with Gasteiger partial charge >= 0.3 is 0 Å². The largest absolute Gasteiger partial charge is 0.318 e. The van der Waals surface area contributed by atoms with Crippen molar-refractivity contribution in [2.75, 3.05) is 0 Å². The molecule has 126 valence electrons. The van der Waals surface area contributed by atoms with Crippen molar-refractivity contribution in [2.24, 2.45) is 5.10 Å². The summed E-state index contributed by atoms with van der Waals surface area (Å²) in [5.41, 5.74) is 8.46. The quantitative estimate of drug-likeness (QED) is 0.566. The number of benzene rings is 2. The van der Waals surface area contributed by atoms with Crippen molar-refractivity contribution in [3.05, 3.63) is 88.7 Å². The summed E-state index contributed by atoms with van der Waals surface area (Å²) in [7, 11) is 0. The van der Waals surface area contributed by atoms with Gasteiger partial charge in [0, 0.05) is 28.2 Å². The number of aromatic nitrogens is 1. The third-order valence-electron chi connectivity index (χ3n) is 4.24. The molecule has 25 heavy (non-hydrogen) atoms. The Labute approximate surface area is 147 Å². The van der Waals surface area contributed by atoms with Crippen molar-refractivity contribution in [1.82, 2.24) is 9.99 Å². The van der Waals surface area contributed by atoms with Crippen LogP contribution in [0.5, 0.6) is 0 Å². The summed E-state index contributed by atoms with van der Waals surface area (Å²) < 4.78 is 2.17. The lowest BCUT2D eigenvalue weighted by atomic mass is 10.1. The number of carbonyl (C=O) groups excluding carboxylic acids is 1. The van der Waals surface area contributed by atoms with Gasteiger partial charge in [0.1, 0.15) is 0 Å². The number of hydrogen-bond donors (Lipinski definition) is 1. The second kappa shape index (κ2) is 7.18. The third-order valence-corrected chi connectivity index (χ3v) is 4.24. The molecule has 0 saturated carbocycles. The molecule has 0 fully saturated rings. The zero-order valence-corrected chi connectivity index (χ0v) is 14.7. The van der Waals surface area contributed by atoms with E-state index in [1.165, 1.54) is 0 Å². The lowest BCUT2D eigenvalue weighted by molar-refractivity contribution is 0.0954. The maximum Gasteiger partial charge on any atom is 0.271 e. The number of nitrogens with zero attached hydrogens (tertiary/aromatic N) is 2. The fourth-order valence-corrected chi connectivity index (χ4v) is 2.94. The second-order valence-electron chi connectivity index (χ2n) is 6.01. The van der Waals surface area contributed by atoms with Gasteiger partial charge in [-0.15, -0.1) is 0 Å². The molecule has 0 aliphatic carbocycles. The highest BCUT2D eigenvalue weighted by Gasteiger charge is 2.10. The van der Waals surface area contributed by atoms with Gasteiger partial charge < -0.3 is 4.57 Å². The first-order chi connectivity index (χ1) is 12.1. The van der Waals surface area contributed by atoms with E-state index in [1.807, 2.05) is 50.2 Å². The molecule has 1 amide bonds. The maximum absolute atomic E-state index is 12.2. The van der Waals surface area contributed by atoms with Crippen molar-refractivity contribution in [3.8, 4) is 5.69 Å². The number of hydrogen-bond acceptors (Lipinski definition) is 2. The van der Waals surface area contributed by atoms with Crippen LogP contribution in [-0.2, 0) is 0 Å². The summed E-state index contributed by atoms with van der Waals surface area (Å²) in [6.45, 7) is 6.01. The normalized spacial score (nSPS) is 11.0. The number of para-hydroxylation sites is 1. The first kappa shape index (κ1) is 16.7. The van der Waals surface area contributed by atoms with Gasteiger partial charge in [-0.3, -0.25) is 4.79 Å². The minimum Gasteiger partial charge on any atom is -0.318 e. The Morgan fingerprint density at radius 1 is 1.00 bits per heavy atom. The van der Waals surface area contributed by atoms with Gasteiger partial charge in [-0.05, 0) is 50.6 Å². The van der Waals surface area contributed by atoms with E-state index in [0.29, 0.717) is 5.56 Å². The molecule has 4 heteroatoms. The standard InChI is InChI=1S/C21H21N3O/c1-15-9-7-8-12-20(15)21(25)23-22-14-18-13-16(2)24(17(18)3)19-10-5-4-6-11-19/h4-14H,1-3H3,(H,23,25)/b22-14-. The zero-order chi connectivity index (χ0) is 17.8. The van der Waals surface area contributed by atoms with Gasteiger partial charge in [0.05, 0.1) is 6.21 Å². The SMILES string of the molecule is Cc1ccccc1C(=O)N/N=C\c1cc(C)n(-c2ccccc2)c1C. The Hall–Kier alpha value is -3.14. The van der Waals surface area contributed by atoms with Crippen molar-refractivity contribution in [3.63, 3.8) is 0 Å². The van der Waals surface area contributed by atoms with Gasteiger partial charge in [-0.2, -0.15) is 5.10 Å². The van der Waals surface area contributed by atoms with Crippen LogP contribution in [0.4, 0.5) is 0 Å². The number of nitrogens with one attached hydrogen (secondary N) is 1. The Morgan fingerprint density at radius 2 is 1.68 bits per heavy atom. The number of aryl methyl sites for hydroxylation is 2. The fourth-order valence-electron chi connectivity index (χ4n) is 2.94. The van der Waals surface area contributed by atoms with Gasteiger partial charge in [0.2, 0.25) is 0 Å². The van der Waals surface area contributed by atoms with E-state index in [-0.39, 0.29) is 5.91 Å². The van der Waals surface area contributed by atoms with Crippen LogP contribution in [0.3, 0.4) is 0 Å². The minimum absolute atomic E-state index is 0.203. The third kappa shape index (κ3) is 3.53. The lowest BCUT2D eigenvalue weighted by Crippen LogP contribution is -2.18. The molecule has 0 aliphatic heterocycles. The molecule has 0 bridgehead atoms. The molecule has 0 atom stereocenters. The zero-order valence-electron chi connectivity index (χ0n) is 14.7. The first-order valence-electron chi connectivity index (χ1n) is 8.21. The summed E-state index contributed by atoms with van der Waals surface area (Å²) >= 11 is 0. The van der Waals surface area contributed by atoms with Crippen molar-refractivity contribution >= 4 is 12.1 Å². The van der Waals surface area contributed by atoms with Crippen molar-refractivity contribution in [1.29, 1.82) is 0 Å². The predicted octanol–water partition coefficient (Wildman–Crippen LogP) is 4.17. The Kier molecular flexibility index (Phi) is 4.80. The summed E-state index contributed by atoms with van der Waals surface area (Å²) in [6.07, 6.45) is 1.69. The summed E-state index contributed by atoms with van der Waals surface area (Å²) in [4.78, 5) is 12.2. The number of rotatable bonds is 4. The highest BCUT2D eigenvalue weighted by atomic mass is 16.2. The number of amides is 1. The average Bonchev–Trinajstić information content (AvgIpc) is 2.89. The summed E-state index contributed by atoms with van der Waals surface area (Å²) in [5, 5.41) is 4.13. The van der Waals surface area contributed by atoms with Gasteiger partial charge in [-0.1, -0.05) is 36.4 Å². The van der Waals surface area contributed by atoms with Crippen molar-refractivity contribution < 1.29 is 4.79 Å². The highest BCUT2D eigenvalue weighted by Crippen LogP contribution is 2.19. The second-order valence-corrected chi connectivity index (χ2v) is 6.01. The molecule has 1 N–H and O–H groups in total. The molecule has 3 rings (SSSR count). The molecule has 1 heterocycles. The van der Waals surface area contributed by atoms with E-state index in [2.05, 4.69) is 40.2 Å². The van der Waals surface area contributed by atoms with E-state index >= 15 is 0 Å². The van der Waals surface area contributed by atoms with E-state index in [4.69, 9.17) is 0 Å². The fraction of sp³-hybridized carbons (Fsp3) is 0.143. The maximum atomic E-state index is 12.2. The lowest BCUT2D eigenvalue weighted by Gasteiger charge is -2.09. The van der Waals surface area contributed by atoms with E-state index in [1.54, 1.807) is 12.3 Å². The number of carbonyl (C=O) groups is 1. The van der Waals surface area contributed by atoms with E-state index < -0.39 is 0 Å². The summed E-state index contributed by atoms with van der Waals surface area (Å²) in [6, 6.07) is 19.7. The van der Waals surface area contributed by atoms with Crippen LogP contribution >= 0.6 is 0 Å². The van der Waals surface area contributed by atoms with Gasteiger partial charge in [-0.25, -0.2) is 5.43 Å². The Balaban J connectivity index is 1.79. The van der Waals surface area contributed by atoms with E-state index in [0.717, 1.165) is 28.2 Å². The van der Waals surface area contributed by atoms with Crippen molar-refractivity contribution in [2.45, 2.75) is 20.8 Å². The molecule has 1 aromatic heterocycles. The molecular formula is C21H21N3O. The predicted molar refractivity (Wildman–Crippen MR) is 101 cm³/mol. The molecule has 4 nitrogen and oxygen atoms in total. The first-order valence-corrected chi connectivity index (χ1v) is 8.21. The molecule has 0 aliphatic rings. The van der Waals surface area contributed by atoms with Gasteiger partial charge in [0.15, 0.2) is 0 Å². The van der Waals surface area contributed by atoms with Crippen LogP contribution in [0.2, 0.25) is 0 Å². The van der Waals surface area contributed by atoms with Crippen LogP contribution in [0, 0.1) is 20.8 Å². The van der Waals surface area contributed by atoms with E-state index in [9.17, 15) is 4.79 Å². The summed E-state index contributed by atoms with van der Waals surface area (Å²) in [5.74, 6) is -0.203. The van der Waals surface area contributed by atoms with Crippen LogP contribution in [0.25, 0.3) is 5.69 Å². The van der Waals surface area contributed by atoms with Crippen LogP contribution < -0.4 is 5.43 Å². The Morgan fingerprint density at radius 3 is 2.40 bits per heavy atom. The van der Waals surface area contributed by atoms with Crippen LogP contribution in [-0.4, -0.2) is 16.7 Å². The molecule has 0 spiro atoms. The highest BCUT2D eigenvalue weighted by molar-refractivity contribution is 5.96. The molecule has 2 aromatic carbocycles. The molecule has 0 unspecified atom stereocenters. The minimum atomic E-state index is -0.203. The molecule has 0 radical (unpaired) electrons. The molecular weight excluding hydrogens is 310 g/mol. The average molecular weight is 331 g/mol. The van der Waals surface area contributed by atoms with Crippen LogP contribution in [0.15, 0.2) is 65.8 Å². The smallest absolute Gasteiger partial charge is 0.271 e.